The number of rotatable bonds is 7. The van der Waals surface area contributed by atoms with Crippen molar-refractivity contribution in [3.63, 3.8) is 0 Å². The molecule has 4 nitrogen and oxygen atoms in total. The molecule has 0 spiro atoms. The first-order valence-corrected chi connectivity index (χ1v) is 10.1. The average molecular weight is 407 g/mol. The fourth-order valence-electron chi connectivity index (χ4n) is 4.29. The van der Waals surface area contributed by atoms with E-state index in [4.69, 9.17) is 11.6 Å². The van der Waals surface area contributed by atoms with Crippen LogP contribution in [0.1, 0.15) is 67.9 Å². The maximum absolute atomic E-state index is 11.4. The summed E-state index contributed by atoms with van der Waals surface area (Å²) in [6.07, 6.45) is 6.07. The molecule has 5 heteroatoms. The molecule has 0 bridgehead atoms. The van der Waals surface area contributed by atoms with E-state index in [1.165, 1.54) is 5.57 Å². The zero-order valence-electron chi connectivity index (χ0n) is 17.2. The van der Waals surface area contributed by atoms with Crippen molar-refractivity contribution >= 4 is 17.9 Å². The summed E-state index contributed by atoms with van der Waals surface area (Å²) in [4.78, 5) is 11.4. The van der Waals surface area contributed by atoms with Crippen molar-refractivity contribution < 1.29 is 20.1 Å². The van der Waals surface area contributed by atoms with Gasteiger partial charge in [-0.15, -0.1) is 0 Å². The van der Waals surface area contributed by atoms with Crippen molar-refractivity contribution in [1.29, 1.82) is 0 Å². The van der Waals surface area contributed by atoms with E-state index in [9.17, 15) is 20.1 Å². The molecule has 0 amide bonds. The van der Waals surface area contributed by atoms with Gasteiger partial charge in [0.1, 0.15) is 11.5 Å². The Labute approximate surface area is 172 Å². The van der Waals surface area contributed by atoms with Crippen LogP contribution < -0.4 is 0 Å². The van der Waals surface area contributed by atoms with E-state index in [0.717, 1.165) is 24.8 Å². The zero-order chi connectivity index (χ0) is 21.2. The Hall–Kier alpha value is -1.78. The number of hydrogen-bond acceptors (Lipinski definition) is 4. The molecular weight excluding hydrogens is 376 g/mol. The Morgan fingerprint density at radius 2 is 1.96 bits per heavy atom. The number of allylic oxidation sites excluding steroid dienone is 3. The molecule has 2 rings (SSSR count). The SMILES string of the molecule is C=C(CCC=C(C)C)[C@H]1CC[C@](C)(O)[C@H]1Cc1c(O)c(Cl)c(C)c(C=O)c1O. The number of benzene rings is 1. The van der Waals surface area contributed by atoms with E-state index in [1.807, 2.05) is 0 Å². The highest BCUT2D eigenvalue weighted by Gasteiger charge is 2.45. The molecule has 3 N–H and O–H groups in total. The van der Waals surface area contributed by atoms with Crippen molar-refractivity contribution in [3.8, 4) is 11.5 Å². The van der Waals surface area contributed by atoms with Gasteiger partial charge in [0, 0.05) is 5.56 Å². The quantitative estimate of drug-likeness (QED) is 0.413. The third kappa shape index (κ3) is 4.44. The number of aliphatic hydroxyl groups is 1. The summed E-state index contributed by atoms with van der Waals surface area (Å²) < 4.78 is 0. The lowest BCUT2D eigenvalue weighted by molar-refractivity contribution is 0.0134. The van der Waals surface area contributed by atoms with Crippen LogP contribution in [-0.4, -0.2) is 27.2 Å². The van der Waals surface area contributed by atoms with E-state index >= 15 is 0 Å². The van der Waals surface area contributed by atoms with E-state index in [1.54, 1.807) is 13.8 Å². The predicted molar refractivity (Wildman–Crippen MR) is 113 cm³/mol. The van der Waals surface area contributed by atoms with Crippen LogP contribution in [-0.2, 0) is 6.42 Å². The fourth-order valence-corrected chi connectivity index (χ4v) is 4.50. The van der Waals surface area contributed by atoms with Gasteiger partial charge < -0.3 is 15.3 Å². The van der Waals surface area contributed by atoms with Crippen molar-refractivity contribution in [1.82, 2.24) is 0 Å². The molecule has 0 unspecified atom stereocenters. The summed E-state index contributed by atoms with van der Waals surface area (Å²) in [6.45, 7) is 11.7. The second kappa shape index (κ2) is 8.71. The summed E-state index contributed by atoms with van der Waals surface area (Å²) in [5.41, 5.74) is 2.00. The van der Waals surface area contributed by atoms with Crippen LogP contribution in [0.25, 0.3) is 0 Å². The van der Waals surface area contributed by atoms with Crippen LogP contribution in [0, 0.1) is 18.8 Å². The summed E-state index contributed by atoms with van der Waals surface area (Å²) in [7, 11) is 0. The Kier molecular flexibility index (Phi) is 7.00. The smallest absolute Gasteiger partial charge is 0.154 e. The Bertz CT molecular complexity index is 804. The molecule has 28 heavy (non-hydrogen) atoms. The van der Waals surface area contributed by atoms with E-state index in [-0.39, 0.29) is 45.9 Å². The average Bonchev–Trinajstić information content (AvgIpc) is 2.91. The van der Waals surface area contributed by atoms with Crippen LogP contribution in [0.3, 0.4) is 0 Å². The van der Waals surface area contributed by atoms with E-state index < -0.39 is 5.60 Å². The van der Waals surface area contributed by atoms with Crippen molar-refractivity contribution in [2.24, 2.45) is 11.8 Å². The van der Waals surface area contributed by atoms with Crippen LogP contribution in [0.5, 0.6) is 11.5 Å². The lowest BCUT2D eigenvalue weighted by Gasteiger charge is -2.31. The van der Waals surface area contributed by atoms with Gasteiger partial charge in [0.05, 0.1) is 16.2 Å². The van der Waals surface area contributed by atoms with Gasteiger partial charge in [-0.2, -0.15) is 0 Å². The minimum absolute atomic E-state index is 0.0616. The molecule has 0 aliphatic heterocycles. The number of aromatic hydroxyl groups is 2. The highest BCUT2D eigenvalue weighted by molar-refractivity contribution is 6.33. The minimum Gasteiger partial charge on any atom is -0.507 e. The van der Waals surface area contributed by atoms with E-state index in [0.29, 0.717) is 18.3 Å². The summed E-state index contributed by atoms with van der Waals surface area (Å²) in [5, 5.41) is 32.1. The fraction of sp³-hybridized carbons (Fsp3) is 0.522. The maximum Gasteiger partial charge on any atom is 0.154 e. The molecule has 1 aliphatic rings. The van der Waals surface area contributed by atoms with Gasteiger partial charge in [-0.1, -0.05) is 35.4 Å². The molecule has 0 radical (unpaired) electrons. The second-order valence-corrected chi connectivity index (χ2v) is 8.82. The Morgan fingerprint density at radius 3 is 2.54 bits per heavy atom. The third-order valence-electron chi connectivity index (χ3n) is 6.10. The maximum atomic E-state index is 11.4. The van der Waals surface area contributed by atoms with Crippen molar-refractivity contribution in [3.05, 3.63) is 45.5 Å². The van der Waals surface area contributed by atoms with Gasteiger partial charge in [-0.05, 0) is 77.2 Å². The molecule has 1 saturated carbocycles. The molecule has 1 aliphatic carbocycles. The van der Waals surface area contributed by atoms with Crippen LogP contribution >= 0.6 is 11.6 Å². The molecule has 1 fully saturated rings. The number of carbonyl (C=O) groups is 1. The number of phenols is 2. The lowest BCUT2D eigenvalue weighted by Crippen LogP contribution is -2.34. The first-order chi connectivity index (χ1) is 13.0. The van der Waals surface area contributed by atoms with E-state index in [2.05, 4.69) is 26.5 Å². The Balaban J connectivity index is 2.36. The molecule has 1 aromatic carbocycles. The molecule has 1 aromatic rings. The van der Waals surface area contributed by atoms with Crippen molar-refractivity contribution in [2.75, 3.05) is 0 Å². The highest BCUT2D eigenvalue weighted by atomic mass is 35.5. The second-order valence-electron chi connectivity index (χ2n) is 8.44. The number of hydrogen-bond donors (Lipinski definition) is 3. The normalized spacial score (nSPS) is 24.2. The van der Waals surface area contributed by atoms with Gasteiger partial charge >= 0.3 is 0 Å². The molecule has 3 atom stereocenters. The predicted octanol–water partition coefficient (Wildman–Crippen LogP) is 5.49. The summed E-state index contributed by atoms with van der Waals surface area (Å²) >= 11 is 6.19. The van der Waals surface area contributed by atoms with Gasteiger partial charge in [-0.25, -0.2) is 0 Å². The van der Waals surface area contributed by atoms with Crippen molar-refractivity contribution in [2.45, 2.75) is 65.4 Å². The van der Waals surface area contributed by atoms with Crippen LogP contribution in [0.2, 0.25) is 5.02 Å². The molecular formula is C23H31ClO4. The molecule has 0 saturated heterocycles. The Morgan fingerprint density at radius 1 is 1.32 bits per heavy atom. The minimum atomic E-state index is -0.957. The monoisotopic (exact) mass is 406 g/mol. The van der Waals surface area contributed by atoms with Gasteiger partial charge in [0.2, 0.25) is 0 Å². The van der Waals surface area contributed by atoms with Crippen LogP contribution in [0.15, 0.2) is 23.8 Å². The first kappa shape index (κ1) is 22.5. The van der Waals surface area contributed by atoms with Gasteiger partial charge in [-0.3, -0.25) is 4.79 Å². The number of halogens is 1. The lowest BCUT2D eigenvalue weighted by atomic mass is 9.77. The summed E-state index contributed by atoms with van der Waals surface area (Å²) in [5.74, 6) is -0.647. The van der Waals surface area contributed by atoms with Gasteiger partial charge in [0.15, 0.2) is 6.29 Å². The highest BCUT2D eigenvalue weighted by Crippen LogP contribution is 2.49. The molecule has 0 aromatic heterocycles. The van der Waals surface area contributed by atoms with Gasteiger partial charge in [0.25, 0.3) is 0 Å². The number of carbonyl (C=O) groups excluding carboxylic acids is 1. The number of aldehydes is 1. The molecule has 0 heterocycles. The zero-order valence-corrected chi connectivity index (χ0v) is 17.9. The summed E-state index contributed by atoms with van der Waals surface area (Å²) in [6, 6.07) is 0. The topological polar surface area (TPSA) is 77.8 Å². The third-order valence-corrected chi connectivity index (χ3v) is 6.56. The first-order valence-electron chi connectivity index (χ1n) is 9.72. The van der Waals surface area contributed by atoms with Crippen LogP contribution in [0.4, 0.5) is 0 Å². The standard InChI is InChI=1S/C23H31ClO4/c1-13(2)7-6-8-14(3)16-9-10-23(5,28)19(16)11-17-21(26)18(12-25)15(4)20(24)22(17)27/h7,12,16,19,26-28H,3,6,8-11H2,1-2,4-5H3/t16-,19+,23+/m1/s1. The number of phenolic OH excluding ortho intramolecular Hbond substituents is 2. The largest absolute Gasteiger partial charge is 0.507 e. The molecule has 154 valence electrons.